The van der Waals surface area contributed by atoms with E-state index < -0.39 is 0 Å². The Morgan fingerprint density at radius 3 is 2.63 bits per heavy atom. The van der Waals surface area contributed by atoms with E-state index in [1.807, 2.05) is 0 Å². The van der Waals surface area contributed by atoms with Crippen LogP contribution in [0.2, 0.25) is 10.0 Å². The summed E-state index contributed by atoms with van der Waals surface area (Å²) in [5, 5.41) is 3.61. The van der Waals surface area contributed by atoms with E-state index in [2.05, 4.69) is 17.3 Å². The molecule has 1 heterocycles. The summed E-state index contributed by atoms with van der Waals surface area (Å²) >= 11 is 11.9. The zero-order chi connectivity index (χ0) is 14.0. The van der Waals surface area contributed by atoms with Crippen LogP contribution in [-0.2, 0) is 0 Å². The second-order valence-corrected chi connectivity index (χ2v) is 5.74. The minimum atomic E-state index is -0.163. The first kappa shape index (κ1) is 14.4. The Bertz CT molecular complexity index is 470. The zero-order valence-electron chi connectivity index (χ0n) is 10.7. The van der Waals surface area contributed by atoms with Crippen LogP contribution in [0.4, 0.5) is 5.69 Å². The molecule has 6 heteroatoms. The van der Waals surface area contributed by atoms with Crippen molar-refractivity contribution in [3.63, 3.8) is 0 Å². The van der Waals surface area contributed by atoms with Crippen molar-refractivity contribution < 1.29 is 4.79 Å². The van der Waals surface area contributed by atoms with E-state index in [0.29, 0.717) is 21.3 Å². The van der Waals surface area contributed by atoms with Crippen molar-refractivity contribution in [2.75, 3.05) is 25.9 Å². The van der Waals surface area contributed by atoms with Crippen LogP contribution in [0.3, 0.4) is 0 Å². The van der Waals surface area contributed by atoms with Gasteiger partial charge in [0, 0.05) is 18.2 Å². The van der Waals surface area contributed by atoms with Gasteiger partial charge >= 0.3 is 0 Å². The highest BCUT2D eigenvalue weighted by Crippen LogP contribution is 2.28. The minimum Gasteiger partial charge on any atom is -0.396 e. The van der Waals surface area contributed by atoms with Crippen LogP contribution < -0.4 is 11.1 Å². The fourth-order valence-electron chi connectivity index (χ4n) is 2.27. The molecule has 1 atom stereocenters. The van der Waals surface area contributed by atoms with E-state index in [-0.39, 0.29) is 11.9 Å². The van der Waals surface area contributed by atoms with Gasteiger partial charge in [-0.05, 0) is 38.6 Å². The second-order valence-electron chi connectivity index (χ2n) is 4.93. The van der Waals surface area contributed by atoms with Crippen molar-refractivity contribution >= 4 is 34.8 Å². The lowest BCUT2D eigenvalue weighted by atomic mass is 10.1. The summed E-state index contributed by atoms with van der Waals surface area (Å²) in [6.45, 7) is 1.94. The quantitative estimate of drug-likeness (QED) is 0.825. The highest BCUT2D eigenvalue weighted by Gasteiger charge is 2.20. The van der Waals surface area contributed by atoms with Gasteiger partial charge in [-0.1, -0.05) is 23.2 Å². The van der Waals surface area contributed by atoms with Gasteiger partial charge < -0.3 is 16.0 Å². The molecule has 1 unspecified atom stereocenters. The predicted molar refractivity (Wildman–Crippen MR) is 78.9 cm³/mol. The Hall–Kier alpha value is -0.970. The maximum Gasteiger partial charge on any atom is 0.251 e. The van der Waals surface area contributed by atoms with Crippen LogP contribution in [-0.4, -0.2) is 37.0 Å². The van der Waals surface area contributed by atoms with E-state index in [1.54, 1.807) is 12.1 Å². The molecule has 0 aliphatic carbocycles. The van der Waals surface area contributed by atoms with Crippen LogP contribution in [0.5, 0.6) is 0 Å². The van der Waals surface area contributed by atoms with Gasteiger partial charge in [0.05, 0.1) is 15.7 Å². The number of amides is 1. The molecule has 19 heavy (non-hydrogen) atoms. The summed E-state index contributed by atoms with van der Waals surface area (Å²) in [6.07, 6.45) is 2.08. The third-order valence-corrected chi connectivity index (χ3v) is 3.93. The van der Waals surface area contributed by atoms with E-state index in [4.69, 9.17) is 28.9 Å². The molecule has 1 aromatic rings. The third-order valence-electron chi connectivity index (χ3n) is 3.30. The molecule has 1 aliphatic heterocycles. The molecule has 0 bridgehead atoms. The Balaban J connectivity index is 2.07. The number of anilines is 1. The van der Waals surface area contributed by atoms with E-state index in [9.17, 15) is 4.79 Å². The van der Waals surface area contributed by atoms with E-state index in [0.717, 1.165) is 25.9 Å². The molecule has 1 aliphatic rings. The molecule has 0 aromatic heterocycles. The average Bonchev–Trinajstić information content (AvgIpc) is 2.35. The fraction of sp³-hybridized carbons (Fsp3) is 0.462. The number of halogens is 2. The van der Waals surface area contributed by atoms with Crippen LogP contribution in [0.1, 0.15) is 23.2 Å². The Labute approximate surface area is 122 Å². The highest BCUT2D eigenvalue weighted by molar-refractivity contribution is 6.39. The van der Waals surface area contributed by atoms with Crippen molar-refractivity contribution in [2.45, 2.75) is 18.9 Å². The first-order chi connectivity index (χ1) is 8.97. The van der Waals surface area contributed by atoms with Gasteiger partial charge in [-0.2, -0.15) is 0 Å². The normalized spacial score (nSPS) is 20.3. The summed E-state index contributed by atoms with van der Waals surface area (Å²) in [5.74, 6) is -0.163. The molecule has 1 saturated heterocycles. The molecule has 1 amide bonds. The molecule has 4 nitrogen and oxygen atoms in total. The van der Waals surface area contributed by atoms with Crippen LogP contribution in [0.25, 0.3) is 0 Å². The largest absolute Gasteiger partial charge is 0.396 e. The standard InChI is InChI=1S/C13H17Cl2N3O/c1-18-4-2-3-9(7-18)17-13(19)8-5-10(14)12(16)11(15)6-8/h5-6,9H,2-4,7,16H2,1H3,(H,17,19). The topological polar surface area (TPSA) is 58.4 Å². The van der Waals surface area contributed by atoms with Gasteiger partial charge in [-0.25, -0.2) is 0 Å². The average molecular weight is 302 g/mol. The summed E-state index contributed by atoms with van der Waals surface area (Å²) in [4.78, 5) is 14.4. The van der Waals surface area contributed by atoms with Gasteiger partial charge in [0.15, 0.2) is 0 Å². The number of piperidine rings is 1. The number of hydrogen-bond acceptors (Lipinski definition) is 3. The van der Waals surface area contributed by atoms with Crippen molar-refractivity contribution in [3.8, 4) is 0 Å². The summed E-state index contributed by atoms with van der Waals surface area (Å²) in [5.41, 5.74) is 6.40. The number of rotatable bonds is 2. The van der Waals surface area contributed by atoms with Crippen LogP contribution >= 0.6 is 23.2 Å². The summed E-state index contributed by atoms with van der Waals surface area (Å²) < 4.78 is 0. The molecule has 2 rings (SSSR count). The zero-order valence-corrected chi connectivity index (χ0v) is 12.3. The number of carbonyl (C=O) groups excluding carboxylic acids is 1. The van der Waals surface area contributed by atoms with Gasteiger partial charge in [-0.3, -0.25) is 4.79 Å². The van der Waals surface area contributed by atoms with Gasteiger partial charge in [0.2, 0.25) is 0 Å². The van der Waals surface area contributed by atoms with Gasteiger partial charge in [-0.15, -0.1) is 0 Å². The Morgan fingerprint density at radius 1 is 1.42 bits per heavy atom. The molecule has 0 saturated carbocycles. The van der Waals surface area contributed by atoms with E-state index in [1.165, 1.54) is 0 Å². The molecule has 104 valence electrons. The summed E-state index contributed by atoms with van der Waals surface area (Å²) in [7, 11) is 2.05. The van der Waals surface area contributed by atoms with Crippen LogP contribution in [0, 0.1) is 0 Å². The monoisotopic (exact) mass is 301 g/mol. The van der Waals surface area contributed by atoms with Crippen molar-refractivity contribution in [1.82, 2.24) is 10.2 Å². The Morgan fingerprint density at radius 2 is 2.05 bits per heavy atom. The molecular weight excluding hydrogens is 285 g/mol. The lowest BCUT2D eigenvalue weighted by Crippen LogP contribution is -2.46. The molecule has 3 N–H and O–H groups in total. The number of likely N-dealkylation sites (N-methyl/N-ethyl adjacent to an activating group) is 1. The first-order valence-electron chi connectivity index (χ1n) is 6.21. The number of likely N-dealkylation sites (tertiary alicyclic amines) is 1. The number of nitrogen functional groups attached to an aromatic ring is 1. The van der Waals surface area contributed by atoms with Gasteiger partial charge in [0.25, 0.3) is 5.91 Å². The number of nitrogens with zero attached hydrogens (tertiary/aromatic N) is 1. The maximum absolute atomic E-state index is 12.1. The van der Waals surface area contributed by atoms with Crippen LogP contribution in [0.15, 0.2) is 12.1 Å². The number of nitrogens with two attached hydrogens (primary N) is 1. The molecule has 0 spiro atoms. The number of benzene rings is 1. The fourth-order valence-corrected chi connectivity index (χ4v) is 2.76. The minimum absolute atomic E-state index is 0.163. The molecular formula is C13H17Cl2N3O. The Kier molecular flexibility index (Phi) is 4.55. The van der Waals surface area contributed by atoms with E-state index >= 15 is 0 Å². The number of nitrogens with one attached hydrogen (secondary N) is 1. The van der Waals surface area contributed by atoms with Crippen molar-refractivity contribution in [1.29, 1.82) is 0 Å². The third kappa shape index (κ3) is 3.53. The van der Waals surface area contributed by atoms with Gasteiger partial charge in [0.1, 0.15) is 0 Å². The maximum atomic E-state index is 12.1. The highest BCUT2D eigenvalue weighted by atomic mass is 35.5. The molecule has 1 fully saturated rings. The summed E-state index contributed by atoms with van der Waals surface area (Å²) in [6, 6.07) is 3.26. The first-order valence-corrected chi connectivity index (χ1v) is 6.97. The van der Waals surface area contributed by atoms with Crippen molar-refractivity contribution in [2.24, 2.45) is 0 Å². The van der Waals surface area contributed by atoms with Crippen molar-refractivity contribution in [3.05, 3.63) is 27.7 Å². The number of hydrogen-bond donors (Lipinski definition) is 2. The molecule has 1 aromatic carbocycles. The lowest BCUT2D eigenvalue weighted by Gasteiger charge is -2.30. The number of carbonyl (C=O) groups is 1. The second kappa shape index (κ2) is 5.99. The SMILES string of the molecule is CN1CCCC(NC(=O)c2cc(Cl)c(N)c(Cl)c2)C1. The molecule has 0 radical (unpaired) electrons. The smallest absolute Gasteiger partial charge is 0.251 e. The predicted octanol–water partition coefficient (Wildman–Crippen LogP) is 2.40. The lowest BCUT2D eigenvalue weighted by molar-refractivity contribution is 0.0912.